The Labute approximate surface area is 127 Å². The Morgan fingerprint density at radius 3 is 2.57 bits per heavy atom. The first-order chi connectivity index (χ1) is 10.2. The molecule has 2 aromatic rings. The topological polar surface area (TPSA) is 21.3 Å². The second-order valence-electron chi connectivity index (χ2n) is 6.41. The van der Waals surface area contributed by atoms with Crippen molar-refractivity contribution in [1.82, 2.24) is 5.32 Å². The summed E-state index contributed by atoms with van der Waals surface area (Å²) in [5, 5.41) is 6.15. The van der Waals surface area contributed by atoms with Crippen molar-refractivity contribution in [3.63, 3.8) is 0 Å². The van der Waals surface area contributed by atoms with Gasteiger partial charge in [0.2, 0.25) is 0 Å². The van der Waals surface area contributed by atoms with Crippen LogP contribution in [0.2, 0.25) is 0 Å². The van der Waals surface area contributed by atoms with Gasteiger partial charge < -0.3 is 10.1 Å². The molecule has 2 atom stereocenters. The van der Waals surface area contributed by atoms with Gasteiger partial charge in [-0.15, -0.1) is 0 Å². The first kappa shape index (κ1) is 14.4. The van der Waals surface area contributed by atoms with Crippen LogP contribution in [0.4, 0.5) is 0 Å². The quantitative estimate of drug-likeness (QED) is 0.911. The molecule has 2 nitrogen and oxygen atoms in total. The lowest BCUT2D eigenvalue weighted by Crippen LogP contribution is -2.38. The minimum Gasteiger partial charge on any atom is -0.496 e. The summed E-state index contributed by atoms with van der Waals surface area (Å²) in [5.41, 5.74) is 1.49. The number of fused-ring (bicyclic) bond motifs is 1. The smallest absolute Gasteiger partial charge is 0.126 e. The van der Waals surface area contributed by atoms with E-state index in [1.165, 1.54) is 22.8 Å². The van der Waals surface area contributed by atoms with Crippen LogP contribution in [0.5, 0.6) is 5.75 Å². The zero-order chi connectivity index (χ0) is 14.8. The van der Waals surface area contributed by atoms with E-state index in [0.29, 0.717) is 17.8 Å². The van der Waals surface area contributed by atoms with Gasteiger partial charge in [-0.1, -0.05) is 44.2 Å². The molecule has 1 fully saturated rings. The van der Waals surface area contributed by atoms with Crippen molar-refractivity contribution < 1.29 is 4.74 Å². The standard InChI is InChI=1S/C19H25NO/c1-13(2)18-12-20-11-10-16(18)15-8-9-19(21-3)17-7-5-4-6-14(15)17/h4-9,13,16,18,20H,10-12H2,1-3H3. The molecule has 21 heavy (non-hydrogen) atoms. The Kier molecular flexibility index (Phi) is 4.16. The lowest BCUT2D eigenvalue weighted by molar-refractivity contribution is 0.256. The van der Waals surface area contributed by atoms with E-state index in [0.717, 1.165) is 18.8 Å². The Morgan fingerprint density at radius 2 is 1.86 bits per heavy atom. The summed E-state index contributed by atoms with van der Waals surface area (Å²) in [5.74, 6) is 3.02. The molecule has 112 valence electrons. The van der Waals surface area contributed by atoms with Crippen molar-refractivity contribution in [2.24, 2.45) is 11.8 Å². The van der Waals surface area contributed by atoms with Crippen LogP contribution in [0, 0.1) is 11.8 Å². The normalized spacial score (nSPS) is 22.7. The van der Waals surface area contributed by atoms with Gasteiger partial charge in [-0.2, -0.15) is 0 Å². The SMILES string of the molecule is COc1ccc(C2CCNCC2C(C)C)c2ccccc12. The summed E-state index contributed by atoms with van der Waals surface area (Å²) in [6.07, 6.45) is 1.22. The van der Waals surface area contributed by atoms with Gasteiger partial charge in [-0.25, -0.2) is 0 Å². The fourth-order valence-corrected chi connectivity index (χ4v) is 3.77. The largest absolute Gasteiger partial charge is 0.496 e. The van der Waals surface area contributed by atoms with Crippen molar-refractivity contribution in [3.8, 4) is 5.75 Å². The first-order valence-corrected chi connectivity index (χ1v) is 7.98. The van der Waals surface area contributed by atoms with Crippen LogP contribution < -0.4 is 10.1 Å². The second kappa shape index (κ2) is 6.07. The van der Waals surface area contributed by atoms with Crippen LogP contribution in [0.1, 0.15) is 31.7 Å². The molecule has 1 aliphatic heterocycles. The molecule has 0 spiro atoms. The summed E-state index contributed by atoms with van der Waals surface area (Å²) in [6.45, 7) is 6.93. The fourth-order valence-electron chi connectivity index (χ4n) is 3.77. The molecule has 1 aliphatic rings. The summed E-state index contributed by atoms with van der Waals surface area (Å²) in [6, 6.07) is 13.1. The monoisotopic (exact) mass is 283 g/mol. The highest BCUT2D eigenvalue weighted by molar-refractivity contribution is 5.91. The Hall–Kier alpha value is -1.54. The third-order valence-electron chi connectivity index (χ3n) is 4.92. The molecule has 2 aromatic carbocycles. The van der Waals surface area contributed by atoms with Gasteiger partial charge in [0.15, 0.2) is 0 Å². The molecule has 1 N–H and O–H groups in total. The number of benzene rings is 2. The Bertz CT molecular complexity index is 620. The minimum atomic E-state index is 0.641. The van der Waals surface area contributed by atoms with Gasteiger partial charge in [0.05, 0.1) is 7.11 Å². The maximum atomic E-state index is 5.53. The molecule has 0 radical (unpaired) electrons. The molecule has 0 amide bonds. The van der Waals surface area contributed by atoms with E-state index < -0.39 is 0 Å². The van der Waals surface area contributed by atoms with E-state index in [2.05, 4.69) is 55.6 Å². The Balaban J connectivity index is 2.11. The average Bonchev–Trinajstić information content (AvgIpc) is 2.53. The third-order valence-corrected chi connectivity index (χ3v) is 4.92. The summed E-state index contributed by atoms with van der Waals surface area (Å²) >= 11 is 0. The minimum absolute atomic E-state index is 0.641. The first-order valence-electron chi connectivity index (χ1n) is 7.98. The highest BCUT2D eigenvalue weighted by Crippen LogP contribution is 2.40. The van der Waals surface area contributed by atoms with Crippen LogP contribution in [0.3, 0.4) is 0 Å². The second-order valence-corrected chi connectivity index (χ2v) is 6.41. The third kappa shape index (κ3) is 2.65. The van der Waals surface area contributed by atoms with E-state index >= 15 is 0 Å². The van der Waals surface area contributed by atoms with Crippen LogP contribution in [0.15, 0.2) is 36.4 Å². The molecule has 0 saturated carbocycles. The lowest BCUT2D eigenvalue weighted by atomic mass is 9.74. The number of hydrogen-bond acceptors (Lipinski definition) is 2. The van der Waals surface area contributed by atoms with Gasteiger partial charge in [-0.3, -0.25) is 0 Å². The van der Waals surface area contributed by atoms with Gasteiger partial charge >= 0.3 is 0 Å². The molecule has 0 bridgehead atoms. The zero-order valence-corrected chi connectivity index (χ0v) is 13.2. The zero-order valence-electron chi connectivity index (χ0n) is 13.2. The highest BCUT2D eigenvalue weighted by Gasteiger charge is 2.29. The number of methoxy groups -OCH3 is 1. The van der Waals surface area contributed by atoms with Crippen LogP contribution in [-0.2, 0) is 0 Å². The lowest BCUT2D eigenvalue weighted by Gasteiger charge is -2.36. The summed E-state index contributed by atoms with van der Waals surface area (Å²) in [7, 11) is 1.75. The highest BCUT2D eigenvalue weighted by atomic mass is 16.5. The average molecular weight is 283 g/mol. The van der Waals surface area contributed by atoms with Gasteiger partial charge in [-0.05, 0) is 54.3 Å². The maximum Gasteiger partial charge on any atom is 0.126 e. The number of ether oxygens (including phenoxy) is 1. The Morgan fingerprint density at radius 1 is 1.10 bits per heavy atom. The van der Waals surface area contributed by atoms with E-state index in [1.807, 2.05) is 0 Å². The van der Waals surface area contributed by atoms with E-state index in [9.17, 15) is 0 Å². The van der Waals surface area contributed by atoms with Crippen molar-refractivity contribution in [3.05, 3.63) is 42.0 Å². The predicted octanol–water partition coefficient (Wildman–Crippen LogP) is 4.20. The van der Waals surface area contributed by atoms with Gasteiger partial charge in [0.1, 0.15) is 5.75 Å². The molecular formula is C19H25NO. The van der Waals surface area contributed by atoms with Crippen LogP contribution >= 0.6 is 0 Å². The van der Waals surface area contributed by atoms with Gasteiger partial charge in [0, 0.05) is 5.39 Å². The van der Waals surface area contributed by atoms with Crippen molar-refractivity contribution in [2.45, 2.75) is 26.2 Å². The summed E-state index contributed by atoms with van der Waals surface area (Å²) in [4.78, 5) is 0. The molecule has 0 aliphatic carbocycles. The molecule has 0 aromatic heterocycles. The van der Waals surface area contributed by atoms with Crippen LogP contribution in [-0.4, -0.2) is 20.2 Å². The molecular weight excluding hydrogens is 258 g/mol. The number of piperidine rings is 1. The van der Waals surface area contributed by atoms with E-state index in [4.69, 9.17) is 4.74 Å². The predicted molar refractivity (Wildman–Crippen MR) is 89.1 cm³/mol. The molecule has 1 saturated heterocycles. The van der Waals surface area contributed by atoms with Crippen molar-refractivity contribution in [1.29, 1.82) is 0 Å². The molecule has 2 unspecified atom stereocenters. The fraction of sp³-hybridized carbons (Fsp3) is 0.474. The molecule has 3 rings (SSSR count). The van der Waals surface area contributed by atoms with E-state index in [-0.39, 0.29) is 0 Å². The van der Waals surface area contributed by atoms with Crippen LogP contribution in [0.25, 0.3) is 10.8 Å². The maximum absolute atomic E-state index is 5.53. The number of hydrogen-bond donors (Lipinski definition) is 1. The molecule has 2 heteroatoms. The van der Waals surface area contributed by atoms with Crippen molar-refractivity contribution >= 4 is 10.8 Å². The summed E-state index contributed by atoms with van der Waals surface area (Å²) < 4.78 is 5.53. The van der Waals surface area contributed by atoms with Gasteiger partial charge in [0.25, 0.3) is 0 Å². The number of nitrogens with one attached hydrogen (secondary N) is 1. The number of rotatable bonds is 3. The van der Waals surface area contributed by atoms with Crippen molar-refractivity contribution in [2.75, 3.05) is 20.2 Å². The van der Waals surface area contributed by atoms with E-state index in [1.54, 1.807) is 7.11 Å². The molecule has 1 heterocycles.